The second kappa shape index (κ2) is 7.14. The van der Waals surface area contributed by atoms with E-state index in [0.717, 1.165) is 22.1 Å². The van der Waals surface area contributed by atoms with Crippen LogP contribution in [0.5, 0.6) is 5.75 Å². The zero-order valence-corrected chi connectivity index (χ0v) is 15.3. The van der Waals surface area contributed by atoms with Crippen molar-refractivity contribution >= 4 is 11.0 Å². The zero-order chi connectivity index (χ0) is 18.0. The topological polar surface area (TPSA) is 39.4 Å². The predicted molar refractivity (Wildman–Crippen MR) is 101 cm³/mol. The third-order valence-electron chi connectivity index (χ3n) is 4.66. The van der Waals surface area contributed by atoms with Gasteiger partial charge in [0.15, 0.2) is 0 Å². The van der Waals surface area contributed by atoms with E-state index in [0.29, 0.717) is 30.3 Å². The van der Waals surface area contributed by atoms with Gasteiger partial charge in [0.1, 0.15) is 17.9 Å². The van der Waals surface area contributed by atoms with Gasteiger partial charge >= 0.3 is 5.63 Å². The average molecular weight is 336 g/mol. The first-order chi connectivity index (χ1) is 12.0. The molecule has 0 bridgehead atoms. The Morgan fingerprint density at radius 1 is 1.08 bits per heavy atom. The molecule has 3 aromatic rings. The van der Waals surface area contributed by atoms with Crippen molar-refractivity contribution in [2.24, 2.45) is 0 Å². The Labute approximate surface area is 148 Å². The Kier molecular flexibility index (Phi) is 4.93. The molecule has 0 fully saturated rings. The Morgan fingerprint density at radius 3 is 2.44 bits per heavy atom. The highest BCUT2D eigenvalue weighted by molar-refractivity contribution is 5.82. The van der Waals surface area contributed by atoms with Crippen LogP contribution >= 0.6 is 0 Å². The van der Waals surface area contributed by atoms with Crippen LogP contribution in [-0.2, 0) is 13.0 Å². The van der Waals surface area contributed by atoms with Crippen molar-refractivity contribution in [1.29, 1.82) is 0 Å². The summed E-state index contributed by atoms with van der Waals surface area (Å²) in [6.07, 6.45) is 0.675. The van der Waals surface area contributed by atoms with Crippen LogP contribution < -0.4 is 10.4 Å². The van der Waals surface area contributed by atoms with E-state index in [1.165, 1.54) is 5.56 Å². The van der Waals surface area contributed by atoms with Gasteiger partial charge in [0.05, 0.1) is 0 Å². The van der Waals surface area contributed by atoms with Gasteiger partial charge in [-0.3, -0.25) is 0 Å². The fourth-order valence-electron chi connectivity index (χ4n) is 3.04. The molecule has 25 heavy (non-hydrogen) atoms. The van der Waals surface area contributed by atoms with E-state index in [1.54, 1.807) is 6.07 Å². The zero-order valence-electron chi connectivity index (χ0n) is 15.3. The summed E-state index contributed by atoms with van der Waals surface area (Å²) < 4.78 is 11.3. The molecule has 0 spiro atoms. The summed E-state index contributed by atoms with van der Waals surface area (Å²) in [4.78, 5) is 12.1. The van der Waals surface area contributed by atoms with Crippen LogP contribution in [0.1, 0.15) is 48.9 Å². The number of rotatable bonds is 5. The van der Waals surface area contributed by atoms with Crippen LogP contribution in [-0.4, -0.2) is 0 Å². The van der Waals surface area contributed by atoms with Crippen LogP contribution in [0.25, 0.3) is 11.0 Å². The number of hydrogen-bond acceptors (Lipinski definition) is 3. The third-order valence-corrected chi connectivity index (χ3v) is 4.66. The third kappa shape index (κ3) is 3.60. The molecule has 0 aliphatic carbocycles. The standard InChI is InChI=1S/C22H24O3/c1-5-19-15(4)20-11-10-18(12-21(20)25-22(19)23)24-13-16-6-8-17(9-7-16)14(2)3/h6-12,14H,5,13H2,1-4H3. The molecule has 3 nitrogen and oxygen atoms in total. The Bertz CT molecular complexity index is 934. The molecular weight excluding hydrogens is 312 g/mol. The molecular formula is C22H24O3. The minimum Gasteiger partial charge on any atom is -0.489 e. The number of hydrogen-bond donors (Lipinski definition) is 0. The largest absolute Gasteiger partial charge is 0.489 e. The van der Waals surface area contributed by atoms with Gasteiger partial charge in [0.2, 0.25) is 0 Å². The Balaban J connectivity index is 1.81. The highest BCUT2D eigenvalue weighted by Gasteiger charge is 2.10. The van der Waals surface area contributed by atoms with Crippen LogP contribution in [0.3, 0.4) is 0 Å². The lowest BCUT2D eigenvalue weighted by Crippen LogP contribution is -2.09. The quantitative estimate of drug-likeness (QED) is 0.588. The molecule has 2 aromatic carbocycles. The summed E-state index contributed by atoms with van der Waals surface area (Å²) in [5.41, 5.74) is 4.49. The molecule has 0 radical (unpaired) electrons. The Morgan fingerprint density at radius 2 is 1.80 bits per heavy atom. The highest BCUT2D eigenvalue weighted by Crippen LogP contribution is 2.25. The van der Waals surface area contributed by atoms with E-state index in [2.05, 4.69) is 38.1 Å². The van der Waals surface area contributed by atoms with E-state index in [4.69, 9.17) is 9.15 Å². The maximum Gasteiger partial charge on any atom is 0.339 e. The van der Waals surface area contributed by atoms with Crippen molar-refractivity contribution in [1.82, 2.24) is 0 Å². The van der Waals surface area contributed by atoms with Gasteiger partial charge in [-0.2, -0.15) is 0 Å². The first-order valence-corrected chi connectivity index (χ1v) is 8.77. The summed E-state index contributed by atoms with van der Waals surface area (Å²) in [5.74, 6) is 1.22. The molecule has 1 heterocycles. The summed E-state index contributed by atoms with van der Waals surface area (Å²) in [6, 6.07) is 14.1. The summed E-state index contributed by atoms with van der Waals surface area (Å²) in [6.45, 7) is 8.78. The van der Waals surface area contributed by atoms with Gasteiger partial charge in [-0.1, -0.05) is 45.0 Å². The molecule has 130 valence electrons. The fourth-order valence-corrected chi connectivity index (χ4v) is 3.04. The maximum absolute atomic E-state index is 12.1. The molecule has 3 rings (SSSR count). The molecule has 0 N–H and O–H groups in total. The van der Waals surface area contributed by atoms with Crippen molar-refractivity contribution in [3.8, 4) is 5.75 Å². The van der Waals surface area contributed by atoms with E-state index in [9.17, 15) is 4.79 Å². The average Bonchev–Trinajstić information content (AvgIpc) is 2.60. The van der Waals surface area contributed by atoms with Crippen LogP contribution in [0, 0.1) is 6.92 Å². The minimum atomic E-state index is -0.256. The van der Waals surface area contributed by atoms with Crippen molar-refractivity contribution in [3.05, 3.63) is 75.1 Å². The van der Waals surface area contributed by atoms with Crippen molar-refractivity contribution in [3.63, 3.8) is 0 Å². The lowest BCUT2D eigenvalue weighted by molar-refractivity contribution is 0.306. The van der Waals surface area contributed by atoms with Gasteiger partial charge < -0.3 is 9.15 Å². The lowest BCUT2D eigenvalue weighted by Gasteiger charge is -2.10. The first kappa shape index (κ1) is 17.3. The van der Waals surface area contributed by atoms with Crippen LogP contribution in [0.2, 0.25) is 0 Å². The first-order valence-electron chi connectivity index (χ1n) is 8.77. The minimum absolute atomic E-state index is 0.256. The molecule has 1 aromatic heterocycles. The van der Waals surface area contributed by atoms with Crippen molar-refractivity contribution in [2.75, 3.05) is 0 Å². The number of ether oxygens (including phenoxy) is 1. The molecule has 3 heteroatoms. The van der Waals surface area contributed by atoms with Gasteiger partial charge in [0, 0.05) is 17.0 Å². The van der Waals surface area contributed by atoms with Crippen molar-refractivity contribution < 1.29 is 9.15 Å². The monoisotopic (exact) mass is 336 g/mol. The molecule has 0 aliphatic heterocycles. The number of fused-ring (bicyclic) bond motifs is 1. The highest BCUT2D eigenvalue weighted by atomic mass is 16.5. The van der Waals surface area contributed by atoms with Gasteiger partial charge in [-0.25, -0.2) is 4.79 Å². The Hall–Kier alpha value is -2.55. The van der Waals surface area contributed by atoms with Crippen molar-refractivity contribution in [2.45, 2.75) is 46.6 Å². The second-order valence-corrected chi connectivity index (χ2v) is 6.69. The second-order valence-electron chi connectivity index (χ2n) is 6.69. The number of benzene rings is 2. The van der Waals surface area contributed by atoms with Gasteiger partial charge in [-0.05, 0) is 48.1 Å². The molecule has 0 saturated heterocycles. The van der Waals surface area contributed by atoms with Gasteiger partial charge in [-0.15, -0.1) is 0 Å². The van der Waals surface area contributed by atoms with Crippen LogP contribution in [0.4, 0.5) is 0 Å². The summed E-state index contributed by atoms with van der Waals surface area (Å²) >= 11 is 0. The van der Waals surface area contributed by atoms with Crippen LogP contribution in [0.15, 0.2) is 51.7 Å². The van der Waals surface area contributed by atoms with E-state index in [-0.39, 0.29) is 5.63 Å². The fraction of sp³-hybridized carbons (Fsp3) is 0.318. The van der Waals surface area contributed by atoms with E-state index >= 15 is 0 Å². The smallest absolute Gasteiger partial charge is 0.339 e. The molecule has 0 aliphatic rings. The molecule has 0 atom stereocenters. The molecule has 0 unspecified atom stereocenters. The van der Waals surface area contributed by atoms with E-state index in [1.807, 2.05) is 26.0 Å². The van der Waals surface area contributed by atoms with E-state index < -0.39 is 0 Å². The predicted octanol–water partition coefficient (Wildman–Crippen LogP) is 5.37. The maximum atomic E-state index is 12.1. The van der Waals surface area contributed by atoms with Gasteiger partial charge in [0.25, 0.3) is 0 Å². The molecule has 0 amide bonds. The summed E-state index contributed by atoms with van der Waals surface area (Å²) in [5, 5.41) is 0.963. The number of aryl methyl sites for hydroxylation is 1. The molecule has 0 saturated carbocycles. The lowest BCUT2D eigenvalue weighted by atomic mass is 10.0. The summed E-state index contributed by atoms with van der Waals surface area (Å²) in [7, 11) is 0. The SMILES string of the molecule is CCc1c(C)c2ccc(OCc3ccc(C(C)C)cc3)cc2oc1=O. The normalized spacial score (nSPS) is 11.2.